The summed E-state index contributed by atoms with van der Waals surface area (Å²) in [5.74, 6) is 0.864. The molecule has 4 heteroatoms. The van der Waals surface area contributed by atoms with Crippen molar-refractivity contribution in [1.82, 2.24) is 4.98 Å². The fourth-order valence-electron chi connectivity index (χ4n) is 2.68. The van der Waals surface area contributed by atoms with Gasteiger partial charge < -0.3 is 4.74 Å². The number of carbonyl (C=O) groups excluding carboxylic acids is 1. The number of pyridine rings is 1. The van der Waals surface area contributed by atoms with Gasteiger partial charge >= 0.3 is 5.97 Å². The van der Waals surface area contributed by atoms with Crippen molar-refractivity contribution in [1.29, 1.82) is 0 Å². The highest BCUT2D eigenvalue weighted by Gasteiger charge is 2.20. The van der Waals surface area contributed by atoms with Crippen LogP contribution in [0.1, 0.15) is 28.5 Å². The lowest BCUT2D eigenvalue weighted by atomic mass is 10.1. The van der Waals surface area contributed by atoms with Crippen LogP contribution in [-0.4, -0.2) is 16.7 Å². The molecular formula is C22H21NO2S. The molecule has 3 rings (SSSR count). The maximum atomic E-state index is 12.4. The second kappa shape index (κ2) is 9.20. The Hall–Kier alpha value is -2.59. The van der Waals surface area contributed by atoms with Crippen LogP contribution >= 0.6 is 11.8 Å². The highest BCUT2D eigenvalue weighted by atomic mass is 32.2. The van der Waals surface area contributed by atoms with Gasteiger partial charge in [-0.15, -0.1) is 11.8 Å². The first-order chi connectivity index (χ1) is 12.7. The number of ether oxygens (including phenoxy) is 1. The second-order valence-corrected chi connectivity index (χ2v) is 7.00. The van der Waals surface area contributed by atoms with Gasteiger partial charge in [0.05, 0.1) is 11.4 Å². The standard InChI is InChI=1S/C22H21NO2S/c1-17-8-7-9-18(14-17)15-26-16-21(24)25-22(19-10-3-2-4-11-19)20-12-5-6-13-23-20/h2-14,22H,15-16H2,1H3. The molecule has 1 atom stereocenters. The Bertz CT molecular complexity index is 798. The minimum Gasteiger partial charge on any atom is -0.450 e. The molecule has 1 aromatic heterocycles. The molecule has 0 aliphatic heterocycles. The lowest BCUT2D eigenvalue weighted by molar-refractivity contribution is -0.144. The van der Waals surface area contributed by atoms with Gasteiger partial charge in [-0.25, -0.2) is 0 Å². The summed E-state index contributed by atoms with van der Waals surface area (Å²) in [6.45, 7) is 2.07. The van der Waals surface area contributed by atoms with E-state index in [1.807, 2.05) is 54.6 Å². The van der Waals surface area contributed by atoms with E-state index in [9.17, 15) is 4.79 Å². The van der Waals surface area contributed by atoms with Gasteiger partial charge in [0.1, 0.15) is 0 Å². The number of thioether (sulfide) groups is 1. The normalized spacial score (nSPS) is 11.7. The van der Waals surface area contributed by atoms with Gasteiger partial charge in [0.25, 0.3) is 0 Å². The number of aromatic nitrogens is 1. The van der Waals surface area contributed by atoms with E-state index in [0.29, 0.717) is 5.75 Å². The summed E-state index contributed by atoms with van der Waals surface area (Å²) in [4.78, 5) is 16.7. The third kappa shape index (κ3) is 5.20. The molecule has 0 aliphatic carbocycles. The zero-order valence-electron chi connectivity index (χ0n) is 14.7. The summed E-state index contributed by atoms with van der Waals surface area (Å²) >= 11 is 1.56. The van der Waals surface area contributed by atoms with Gasteiger partial charge in [0.2, 0.25) is 0 Å². The number of esters is 1. The predicted molar refractivity (Wildman–Crippen MR) is 106 cm³/mol. The summed E-state index contributed by atoms with van der Waals surface area (Å²) in [6, 6.07) is 23.7. The monoisotopic (exact) mass is 363 g/mol. The second-order valence-electron chi connectivity index (χ2n) is 6.02. The molecule has 0 radical (unpaired) electrons. The van der Waals surface area contributed by atoms with Crippen LogP contribution in [0, 0.1) is 6.92 Å². The van der Waals surface area contributed by atoms with E-state index in [1.54, 1.807) is 18.0 Å². The van der Waals surface area contributed by atoms with Crippen LogP contribution < -0.4 is 0 Å². The van der Waals surface area contributed by atoms with Gasteiger partial charge in [0.15, 0.2) is 6.10 Å². The van der Waals surface area contributed by atoms with Crippen molar-refractivity contribution in [3.63, 3.8) is 0 Å². The van der Waals surface area contributed by atoms with Crippen LogP contribution in [0.4, 0.5) is 0 Å². The molecule has 26 heavy (non-hydrogen) atoms. The molecule has 3 nitrogen and oxygen atoms in total. The quantitative estimate of drug-likeness (QED) is 0.557. The molecule has 2 aromatic carbocycles. The zero-order valence-corrected chi connectivity index (χ0v) is 15.5. The van der Waals surface area contributed by atoms with Gasteiger partial charge in [-0.1, -0.05) is 66.2 Å². The van der Waals surface area contributed by atoms with E-state index in [2.05, 4.69) is 30.1 Å². The van der Waals surface area contributed by atoms with E-state index < -0.39 is 6.10 Å². The highest BCUT2D eigenvalue weighted by molar-refractivity contribution is 7.99. The maximum Gasteiger partial charge on any atom is 0.316 e. The number of nitrogens with zero attached hydrogens (tertiary/aromatic N) is 1. The fraction of sp³-hybridized carbons (Fsp3) is 0.182. The average molecular weight is 363 g/mol. The summed E-state index contributed by atoms with van der Waals surface area (Å²) in [7, 11) is 0. The van der Waals surface area contributed by atoms with Crippen LogP contribution in [0.25, 0.3) is 0 Å². The van der Waals surface area contributed by atoms with Crippen molar-refractivity contribution >= 4 is 17.7 Å². The molecule has 0 fully saturated rings. The lowest BCUT2D eigenvalue weighted by Gasteiger charge is -2.18. The summed E-state index contributed by atoms with van der Waals surface area (Å²) in [6.07, 6.45) is 1.23. The van der Waals surface area contributed by atoms with Gasteiger partial charge in [0, 0.05) is 11.9 Å². The first-order valence-electron chi connectivity index (χ1n) is 8.51. The lowest BCUT2D eigenvalue weighted by Crippen LogP contribution is -2.15. The highest BCUT2D eigenvalue weighted by Crippen LogP contribution is 2.25. The predicted octanol–water partition coefficient (Wildman–Crippen LogP) is 4.96. The Labute approximate surface area is 158 Å². The summed E-state index contributed by atoms with van der Waals surface area (Å²) in [5, 5.41) is 0. The van der Waals surface area contributed by atoms with Crippen LogP contribution in [0.5, 0.6) is 0 Å². The number of hydrogen-bond donors (Lipinski definition) is 0. The molecule has 0 spiro atoms. The van der Waals surface area contributed by atoms with Gasteiger partial charge in [-0.2, -0.15) is 0 Å². The Balaban J connectivity index is 1.62. The van der Waals surface area contributed by atoms with Crippen molar-refractivity contribution in [3.8, 4) is 0 Å². The zero-order chi connectivity index (χ0) is 18.2. The molecular weight excluding hydrogens is 342 g/mol. The van der Waals surface area contributed by atoms with Crippen LogP contribution in [-0.2, 0) is 15.3 Å². The van der Waals surface area contributed by atoms with E-state index in [1.165, 1.54) is 11.1 Å². The van der Waals surface area contributed by atoms with Crippen molar-refractivity contribution in [2.24, 2.45) is 0 Å². The number of hydrogen-bond acceptors (Lipinski definition) is 4. The van der Waals surface area contributed by atoms with Gasteiger partial charge in [-0.3, -0.25) is 9.78 Å². The third-order valence-electron chi connectivity index (χ3n) is 3.88. The third-order valence-corrected chi connectivity index (χ3v) is 4.86. The first-order valence-corrected chi connectivity index (χ1v) is 9.66. The Morgan fingerprint density at radius 3 is 2.58 bits per heavy atom. The van der Waals surface area contributed by atoms with E-state index >= 15 is 0 Å². The molecule has 0 amide bonds. The molecule has 0 aliphatic rings. The van der Waals surface area contributed by atoms with Crippen molar-refractivity contribution in [2.45, 2.75) is 18.8 Å². The average Bonchev–Trinajstić information content (AvgIpc) is 2.67. The molecule has 3 aromatic rings. The van der Waals surface area contributed by atoms with Crippen LogP contribution in [0.15, 0.2) is 79.0 Å². The summed E-state index contributed by atoms with van der Waals surface area (Å²) in [5.41, 5.74) is 4.09. The molecule has 1 heterocycles. The fourth-order valence-corrected chi connectivity index (χ4v) is 3.43. The summed E-state index contributed by atoms with van der Waals surface area (Å²) < 4.78 is 5.76. The number of carbonyl (C=O) groups is 1. The van der Waals surface area contributed by atoms with Gasteiger partial charge in [-0.05, 0) is 30.2 Å². The smallest absolute Gasteiger partial charge is 0.316 e. The number of benzene rings is 2. The molecule has 1 unspecified atom stereocenters. The minimum atomic E-state index is -0.482. The van der Waals surface area contributed by atoms with Crippen LogP contribution in [0.2, 0.25) is 0 Å². The molecule has 0 saturated carbocycles. The van der Waals surface area contributed by atoms with E-state index in [4.69, 9.17) is 4.74 Å². The Morgan fingerprint density at radius 2 is 1.85 bits per heavy atom. The van der Waals surface area contributed by atoms with E-state index in [0.717, 1.165) is 17.0 Å². The molecule has 0 bridgehead atoms. The Morgan fingerprint density at radius 1 is 1.04 bits per heavy atom. The minimum absolute atomic E-state index is 0.234. The van der Waals surface area contributed by atoms with Crippen LogP contribution in [0.3, 0.4) is 0 Å². The van der Waals surface area contributed by atoms with Crippen molar-refractivity contribution in [3.05, 3.63) is 101 Å². The Kier molecular flexibility index (Phi) is 6.45. The molecule has 132 valence electrons. The van der Waals surface area contributed by atoms with Crippen molar-refractivity contribution in [2.75, 3.05) is 5.75 Å². The number of aryl methyl sites for hydroxylation is 1. The molecule has 0 saturated heterocycles. The molecule has 0 N–H and O–H groups in total. The SMILES string of the molecule is Cc1cccc(CSCC(=O)OC(c2ccccc2)c2ccccn2)c1. The topological polar surface area (TPSA) is 39.2 Å². The largest absolute Gasteiger partial charge is 0.450 e. The van der Waals surface area contributed by atoms with Crippen molar-refractivity contribution < 1.29 is 9.53 Å². The number of rotatable bonds is 7. The first kappa shape index (κ1) is 18.2. The van der Waals surface area contributed by atoms with E-state index in [-0.39, 0.29) is 5.97 Å². The maximum absolute atomic E-state index is 12.4.